The number of carbonyl (C=O) groups excluding carboxylic acids is 1. The van der Waals surface area contributed by atoms with Crippen molar-refractivity contribution >= 4 is 12.0 Å². The molecular formula is C20H23NO4. The van der Waals surface area contributed by atoms with Crippen LogP contribution >= 0.6 is 0 Å². The zero-order chi connectivity index (χ0) is 18.1. The highest BCUT2D eigenvalue weighted by Gasteiger charge is 2.06. The van der Waals surface area contributed by atoms with Gasteiger partial charge in [-0.25, -0.2) is 0 Å². The molecule has 2 aromatic carbocycles. The van der Waals surface area contributed by atoms with Crippen LogP contribution in [-0.2, 0) is 4.79 Å². The van der Waals surface area contributed by atoms with Gasteiger partial charge in [0.15, 0.2) is 11.5 Å². The maximum absolute atomic E-state index is 12.2. The summed E-state index contributed by atoms with van der Waals surface area (Å²) in [6.45, 7) is 0.945. The molecule has 0 heterocycles. The Hall–Kier alpha value is -2.95. The summed E-state index contributed by atoms with van der Waals surface area (Å²) < 4.78 is 16.1. The van der Waals surface area contributed by atoms with Crippen molar-refractivity contribution in [2.45, 2.75) is 0 Å². The van der Waals surface area contributed by atoms with E-state index in [-0.39, 0.29) is 5.91 Å². The molecule has 0 aliphatic carbocycles. The normalized spacial score (nSPS) is 10.5. The van der Waals surface area contributed by atoms with Crippen LogP contribution in [-0.4, -0.2) is 45.2 Å². The molecule has 2 aromatic rings. The van der Waals surface area contributed by atoms with Crippen molar-refractivity contribution < 1.29 is 19.0 Å². The Morgan fingerprint density at radius 1 is 1.04 bits per heavy atom. The van der Waals surface area contributed by atoms with Crippen LogP contribution in [0, 0.1) is 0 Å². The second-order valence-corrected chi connectivity index (χ2v) is 5.37. The Labute approximate surface area is 148 Å². The van der Waals surface area contributed by atoms with E-state index in [0.29, 0.717) is 24.7 Å². The lowest BCUT2D eigenvalue weighted by atomic mass is 10.2. The molecule has 132 valence electrons. The number of hydrogen-bond acceptors (Lipinski definition) is 4. The van der Waals surface area contributed by atoms with Gasteiger partial charge in [0.2, 0.25) is 5.91 Å². The lowest BCUT2D eigenvalue weighted by Gasteiger charge is -2.15. The Kier molecular flexibility index (Phi) is 6.89. The van der Waals surface area contributed by atoms with Gasteiger partial charge in [-0.05, 0) is 35.9 Å². The Morgan fingerprint density at radius 2 is 1.76 bits per heavy atom. The van der Waals surface area contributed by atoms with Crippen LogP contribution in [0.4, 0.5) is 0 Å². The first kappa shape index (κ1) is 18.4. The average Bonchev–Trinajstić information content (AvgIpc) is 2.66. The third-order valence-corrected chi connectivity index (χ3v) is 3.64. The fourth-order valence-electron chi connectivity index (χ4n) is 2.18. The average molecular weight is 341 g/mol. The van der Waals surface area contributed by atoms with Gasteiger partial charge >= 0.3 is 0 Å². The summed E-state index contributed by atoms with van der Waals surface area (Å²) in [7, 11) is 4.91. The molecule has 0 saturated carbocycles. The van der Waals surface area contributed by atoms with Crippen LogP contribution in [0.15, 0.2) is 54.6 Å². The standard InChI is InChI=1S/C20H23NO4/c1-21(13-14-25-17-7-5-4-6-8-17)20(22)12-10-16-9-11-18(23-2)19(15-16)24-3/h4-12,15H,13-14H2,1-3H3/b12-10+. The molecule has 0 spiro atoms. The van der Waals surface area contributed by atoms with E-state index in [9.17, 15) is 4.79 Å². The van der Waals surface area contributed by atoms with E-state index in [0.717, 1.165) is 11.3 Å². The SMILES string of the molecule is COc1ccc(/C=C/C(=O)N(C)CCOc2ccccc2)cc1OC. The smallest absolute Gasteiger partial charge is 0.246 e. The van der Waals surface area contributed by atoms with Crippen molar-refractivity contribution in [2.24, 2.45) is 0 Å². The lowest BCUT2D eigenvalue weighted by Crippen LogP contribution is -2.29. The first-order chi connectivity index (χ1) is 12.1. The highest BCUT2D eigenvalue weighted by molar-refractivity contribution is 5.91. The quantitative estimate of drug-likeness (QED) is 0.692. The minimum Gasteiger partial charge on any atom is -0.493 e. The molecule has 0 bridgehead atoms. The number of methoxy groups -OCH3 is 2. The second-order valence-electron chi connectivity index (χ2n) is 5.37. The summed E-state index contributed by atoms with van der Waals surface area (Å²) >= 11 is 0. The summed E-state index contributed by atoms with van der Waals surface area (Å²) in [4.78, 5) is 13.8. The number of para-hydroxylation sites is 1. The van der Waals surface area contributed by atoms with Crippen LogP contribution in [0.25, 0.3) is 6.08 Å². The van der Waals surface area contributed by atoms with E-state index in [1.54, 1.807) is 38.3 Å². The second kappa shape index (κ2) is 9.37. The molecule has 25 heavy (non-hydrogen) atoms. The topological polar surface area (TPSA) is 48.0 Å². The maximum atomic E-state index is 12.2. The predicted molar refractivity (Wildman–Crippen MR) is 98.2 cm³/mol. The van der Waals surface area contributed by atoms with Crippen molar-refractivity contribution in [1.82, 2.24) is 4.90 Å². The van der Waals surface area contributed by atoms with Gasteiger partial charge in [-0.15, -0.1) is 0 Å². The summed E-state index contributed by atoms with van der Waals surface area (Å²) in [5.41, 5.74) is 0.861. The van der Waals surface area contributed by atoms with Crippen LogP contribution in [0.1, 0.15) is 5.56 Å². The van der Waals surface area contributed by atoms with Gasteiger partial charge in [0.1, 0.15) is 12.4 Å². The summed E-state index contributed by atoms with van der Waals surface area (Å²) in [6.07, 6.45) is 3.28. The third-order valence-electron chi connectivity index (χ3n) is 3.64. The van der Waals surface area contributed by atoms with E-state index < -0.39 is 0 Å². The van der Waals surface area contributed by atoms with Gasteiger partial charge in [-0.1, -0.05) is 24.3 Å². The number of carbonyl (C=O) groups is 1. The Bertz CT molecular complexity index is 713. The molecule has 2 rings (SSSR count). The zero-order valence-corrected chi connectivity index (χ0v) is 14.8. The van der Waals surface area contributed by atoms with E-state index in [4.69, 9.17) is 14.2 Å². The van der Waals surface area contributed by atoms with E-state index in [1.807, 2.05) is 42.5 Å². The summed E-state index contributed by atoms with van der Waals surface area (Å²) in [6, 6.07) is 15.0. The highest BCUT2D eigenvalue weighted by Crippen LogP contribution is 2.27. The molecule has 5 nitrogen and oxygen atoms in total. The van der Waals surface area contributed by atoms with Crippen molar-refractivity contribution in [1.29, 1.82) is 0 Å². The van der Waals surface area contributed by atoms with E-state index in [2.05, 4.69) is 0 Å². The largest absolute Gasteiger partial charge is 0.493 e. The van der Waals surface area contributed by atoms with Crippen LogP contribution < -0.4 is 14.2 Å². The molecule has 0 atom stereocenters. The molecule has 5 heteroatoms. The molecule has 0 aliphatic rings. The minimum absolute atomic E-state index is 0.0913. The van der Waals surface area contributed by atoms with Crippen molar-refractivity contribution in [2.75, 3.05) is 34.4 Å². The molecule has 0 aromatic heterocycles. The Balaban J connectivity index is 1.86. The lowest BCUT2D eigenvalue weighted by molar-refractivity contribution is -0.125. The fraction of sp³-hybridized carbons (Fsp3) is 0.250. The molecule has 0 unspecified atom stereocenters. The molecular weight excluding hydrogens is 318 g/mol. The van der Waals surface area contributed by atoms with Gasteiger partial charge < -0.3 is 19.1 Å². The number of benzene rings is 2. The van der Waals surface area contributed by atoms with E-state index in [1.165, 1.54) is 6.08 Å². The molecule has 0 fully saturated rings. The zero-order valence-electron chi connectivity index (χ0n) is 14.8. The molecule has 0 aliphatic heterocycles. The number of likely N-dealkylation sites (N-methyl/N-ethyl adjacent to an activating group) is 1. The maximum Gasteiger partial charge on any atom is 0.246 e. The van der Waals surface area contributed by atoms with Crippen LogP contribution in [0.5, 0.6) is 17.2 Å². The number of rotatable bonds is 8. The van der Waals surface area contributed by atoms with Gasteiger partial charge in [0.05, 0.1) is 20.8 Å². The minimum atomic E-state index is -0.0913. The monoisotopic (exact) mass is 341 g/mol. The van der Waals surface area contributed by atoms with Crippen LogP contribution in [0.2, 0.25) is 0 Å². The van der Waals surface area contributed by atoms with Crippen LogP contribution in [0.3, 0.4) is 0 Å². The van der Waals surface area contributed by atoms with Crippen molar-refractivity contribution in [3.05, 3.63) is 60.2 Å². The molecule has 0 radical (unpaired) electrons. The van der Waals surface area contributed by atoms with Gasteiger partial charge in [-0.3, -0.25) is 4.79 Å². The van der Waals surface area contributed by atoms with Gasteiger partial charge in [0, 0.05) is 13.1 Å². The van der Waals surface area contributed by atoms with Crippen molar-refractivity contribution in [3.63, 3.8) is 0 Å². The molecule has 0 N–H and O–H groups in total. The third kappa shape index (κ3) is 5.57. The number of hydrogen-bond donors (Lipinski definition) is 0. The first-order valence-electron chi connectivity index (χ1n) is 7.97. The first-order valence-corrected chi connectivity index (χ1v) is 7.97. The number of amides is 1. The number of nitrogens with zero attached hydrogens (tertiary/aromatic N) is 1. The molecule has 1 amide bonds. The number of ether oxygens (including phenoxy) is 3. The van der Waals surface area contributed by atoms with Gasteiger partial charge in [-0.2, -0.15) is 0 Å². The van der Waals surface area contributed by atoms with E-state index >= 15 is 0 Å². The summed E-state index contributed by atoms with van der Waals surface area (Å²) in [5.74, 6) is 1.98. The van der Waals surface area contributed by atoms with Crippen molar-refractivity contribution in [3.8, 4) is 17.2 Å². The highest BCUT2D eigenvalue weighted by atomic mass is 16.5. The van der Waals surface area contributed by atoms with Gasteiger partial charge in [0.25, 0.3) is 0 Å². The summed E-state index contributed by atoms with van der Waals surface area (Å²) in [5, 5.41) is 0. The fourth-order valence-corrected chi connectivity index (χ4v) is 2.18. The Morgan fingerprint density at radius 3 is 2.44 bits per heavy atom. The predicted octanol–water partition coefficient (Wildman–Crippen LogP) is 3.25. The molecule has 0 saturated heterocycles.